The number of ketones is 1. The van der Waals surface area contributed by atoms with Crippen LogP contribution in [0.15, 0.2) is 58.3 Å². The molecule has 4 rings (SSSR count). The normalized spacial score (nSPS) is 21.7. The van der Waals surface area contributed by atoms with E-state index in [1.165, 1.54) is 27.3 Å². The number of hydrogen-bond acceptors (Lipinski definition) is 2. The zero-order valence-corrected chi connectivity index (χ0v) is 12.7. The Bertz CT molecular complexity index is 646. The summed E-state index contributed by atoms with van der Waals surface area (Å²) in [5.41, 5.74) is 2.70. The number of fused-ring (bicyclic) bond motifs is 2. The van der Waals surface area contributed by atoms with Gasteiger partial charge in [0, 0.05) is 28.0 Å². The van der Waals surface area contributed by atoms with Gasteiger partial charge in [0.05, 0.1) is 0 Å². The molecule has 0 bridgehead atoms. The first-order valence-electron chi connectivity index (χ1n) is 7.73. The summed E-state index contributed by atoms with van der Waals surface area (Å²) in [6, 6.07) is 17.2. The molecule has 1 aliphatic carbocycles. The van der Waals surface area contributed by atoms with Crippen LogP contribution in [0.5, 0.6) is 0 Å². The van der Waals surface area contributed by atoms with Crippen molar-refractivity contribution in [2.24, 2.45) is 5.92 Å². The molecule has 0 saturated heterocycles. The molecule has 2 aliphatic rings. The van der Waals surface area contributed by atoms with E-state index in [1.807, 2.05) is 11.8 Å². The van der Waals surface area contributed by atoms with Crippen molar-refractivity contribution in [3.05, 3.63) is 59.7 Å². The van der Waals surface area contributed by atoms with Gasteiger partial charge >= 0.3 is 0 Å². The number of carbonyl (C=O) groups excluding carboxylic acids is 1. The van der Waals surface area contributed by atoms with Crippen molar-refractivity contribution < 1.29 is 4.79 Å². The minimum absolute atomic E-state index is 0.168. The summed E-state index contributed by atoms with van der Waals surface area (Å²) >= 11 is 1.84. The second-order valence-electron chi connectivity index (χ2n) is 5.97. The molecule has 0 aromatic heterocycles. The van der Waals surface area contributed by atoms with E-state index < -0.39 is 0 Å². The van der Waals surface area contributed by atoms with E-state index in [0.29, 0.717) is 5.78 Å². The molecule has 0 N–H and O–H groups in total. The van der Waals surface area contributed by atoms with Gasteiger partial charge in [-0.05, 0) is 36.1 Å². The Labute approximate surface area is 129 Å². The van der Waals surface area contributed by atoms with Crippen LogP contribution in [0.3, 0.4) is 0 Å². The topological polar surface area (TPSA) is 17.1 Å². The molecule has 0 amide bonds. The van der Waals surface area contributed by atoms with Gasteiger partial charge in [0.2, 0.25) is 0 Å². The zero-order chi connectivity index (χ0) is 14.2. The summed E-state index contributed by atoms with van der Waals surface area (Å²) in [7, 11) is 0. The van der Waals surface area contributed by atoms with E-state index in [1.54, 1.807) is 0 Å². The van der Waals surface area contributed by atoms with Crippen LogP contribution < -0.4 is 0 Å². The lowest BCUT2D eigenvalue weighted by molar-refractivity contribution is -0.125. The molecule has 21 heavy (non-hydrogen) atoms. The Balaban J connectivity index is 1.87. The van der Waals surface area contributed by atoms with E-state index in [9.17, 15) is 4.79 Å². The van der Waals surface area contributed by atoms with Gasteiger partial charge in [0.15, 0.2) is 0 Å². The van der Waals surface area contributed by atoms with Crippen molar-refractivity contribution in [2.75, 3.05) is 0 Å². The molecule has 2 aromatic rings. The Morgan fingerprint density at radius 1 is 0.857 bits per heavy atom. The highest BCUT2D eigenvalue weighted by Gasteiger charge is 2.36. The predicted molar refractivity (Wildman–Crippen MR) is 85.8 cm³/mol. The van der Waals surface area contributed by atoms with Crippen LogP contribution >= 0.6 is 11.8 Å². The molecular formula is C19H18OS. The highest BCUT2D eigenvalue weighted by Crippen LogP contribution is 2.50. The second-order valence-corrected chi connectivity index (χ2v) is 7.06. The minimum Gasteiger partial charge on any atom is -0.299 e. The lowest BCUT2D eigenvalue weighted by Crippen LogP contribution is -2.28. The molecule has 0 spiro atoms. The van der Waals surface area contributed by atoms with Crippen LogP contribution in [0.25, 0.3) is 0 Å². The third kappa shape index (κ3) is 2.22. The molecule has 0 unspecified atom stereocenters. The molecular weight excluding hydrogens is 276 g/mol. The van der Waals surface area contributed by atoms with Crippen molar-refractivity contribution >= 4 is 17.5 Å². The first-order chi connectivity index (χ1) is 10.3. The van der Waals surface area contributed by atoms with Crippen molar-refractivity contribution in [1.82, 2.24) is 0 Å². The number of hydrogen-bond donors (Lipinski definition) is 0. The van der Waals surface area contributed by atoms with Gasteiger partial charge < -0.3 is 0 Å². The van der Waals surface area contributed by atoms with E-state index in [2.05, 4.69) is 48.5 Å². The highest BCUT2D eigenvalue weighted by atomic mass is 32.2. The molecule has 1 nitrogen and oxygen atoms in total. The first-order valence-corrected chi connectivity index (χ1v) is 8.54. The maximum absolute atomic E-state index is 12.5. The second kappa shape index (κ2) is 5.34. The maximum Gasteiger partial charge on any atom is 0.136 e. The molecule has 2 aromatic carbocycles. The van der Waals surface area contributed by atoms with Crippen LogP contribution in [0.1, 0.15) is 42.7 Å². The summed E-state index contributed by atoms with van der Waals surface area (Å²) in [5, 5.41) is 0. The van der Waals surface area contributed by atoms with E-state index in [-0.39, 0.29) is 11.8 Å². The molecule has 1 aliphatic heterocycles. The fourth-order valence-electron chi connectivity index (χ4n) is 3.74. The van der Waals surface area contributed by atoms with Crippen molar-refractivity contribution in [3.8, 4) is 0 Å². The van der Waals surface area contributed by atoms with E-state index in [0.717, 1.165) is 19.3 Å². The number of rotatable bonds is 1. The Morgan fingerprint density at radius 3 is 2.10 bits per heavy atom. The smallest absolute Gasteiger partial charge is 0.136 e. The quantitative estimate of drug-likeness (QED) is 0.732. The van der Waals surface area contributed by atoms with Crippen LogP contribution in [-0.2, 0) is 4.79 Å². The van der Waals surface area contributed by atoms with Crippen molar-refractivity contribution in [3.63, 3.8) is 0 Å². The number of Topliss-reactive ketones (excluding diaryl/α,β-unsaturated/α-hetero) is 1. The van der Waals surface area contributed by atoms with Crippen LogP contribution in [0.2, 0.25) is 0 Å². The Morgan fingerprint density at radius 2 is 1.48 bits per heavy atom. The third-order valence-corrected chi connectivity index (χ3v) is 5.92. The maximum atomic E-state index is 12.5. The number of carbonyl (C=O) groups is 1. The monoisotopic (exact) mass is 294 g/mol. The van der Waals surface area contributed by atoms with Gasteiger partial charge in [0.1, 0.15) is 5.78 Å². The average molecular weight is 294 g/mol. The van der Waals surface area contributed by atoms with Crippen molar-refractivity contribution in [2.45, 2.75) is 41.4 Å². The summed E-state index contributed by atoms with van der Waals surface area (Å²) in [6.45, 7) is 0. The molecule has 0 radical (unpaired) electrons. The van der Waals surface area contributed by atoms with Crippen LogP contribution in [0.4, 0.5) is 0 Å². The first kappa shape index (κ1) is 13.1. The van der Waals surface area contributed by atoms with Crippen LogP contribution in [-0.4, -0.2) is 5.78 Å². The molecule has 106 valence electrons. The van der Waals surface area contributed by atoms with Crippen molar-refractivity contribution in [1.29, 1.82) is 0 Å². The zero-order valence-electron chi connectivity index (χ0n) is 11.9. The molecule has 2 heteroatoms. The van der Waals surface area contributed by atoms with Gasteiger partial charge in [-0.1, -0.05) is 54.6 Å². The molecule has 1 atom stereocenters. The lowest BCUT2D eigenvalue weighted by Gasteiger charge is -2.35. The molecule has 1 saturated carbocycles. The van der Waals surface area contributed by atoms with Gasteiger partial charge in [-0.25, -0.2) is 0 Å². The Hall–Kier alpha value is -1.54. The standard InChI is InChI=1S/C19H18OS/c20-16-10-4-1-7-13(16)19-14-8-2-5-11-17(14)21-18-12-6-3-9-15(18)19/h2-3,5-6,8-9,11-13,19H,1,4,7,10H2/t13-/m0/s1. The fourth-order valence-corrected chi connectivity index (χ4v) is 4.90. The summed E-state index contributed by atoms with van der Waals surface area (Å²) in [5.74, 6) is 0.885. The highest BCUT2D eigenvalue weighted by molar-refractivity contribution is 7.99. The van der Waals surface area contributed by atoms with Gasteiger partial charge in [0.25, 0.3) is 0 Å². The summed E-state index contributed by atoms with van der Waals surface area (Å²) < 4.78 is 0. The fraction of sp³-hybridized carbons (Fsp3) is 0.316. The van der Waals surface area contributed by atoms with Gasteiger partial charge in [-0.3, -0.25) is 4.79 Å². The lowest BCUT2D eigenvalue weighted by atomic mass is 9.72. The average Bonchev–Trinajstić information content (AvgIpc) is 2.53. The Kier molecular flexibility index (Phi) is 3.34. The summed E-state index contributed by atoms with van der Waals surface area (Å²) in [4.78, 5) is 15.1. The van der Waals surface area contributed by atoms with Gasteiger partial charge in [-0.2, -0.15) is 0 Å². The van der Waals surface area contributed by atoms with E-state index >= 15 is 0 Å². The third-order valence-electron chi connectivity index (χ3n) is 4.73. The summed E-state index contributed by atoms with van der Waals surface area (Å²) in [6.07, 6.45) is 4.06. The largest absolute Gasteiger partial charge is 0.299 e. The predicted octanol–water partition coefficient (Wildman–Crippen LogP) is 5.04. The van der Waals surface area contributed by atoms with Gasteiger partial charge in [-0.15, -0.1) is 0 Å². The minimum atomic E-state index is 0.168. The molecule has 1 heterocycles. The SMILES string of the molecule is O=C1CCCC[C@@H]1C1c2ccccc2Sc2ccccc21. The van der Waals surface area contributed by atoms with Crippen LogP contribution in [0, 0.1) is 5.92 Å². The van der Waals surface area contributed by atoms with E-state index in [4.69, 9.17) is 0 Å². The molecule has 1 fully saturated rings. The number of benzene rings is 2.